The molecule has 1 amide bonds. The van der Waals surface area contributed by atoms with Crippen LogP contribution in [-0.2, 0) is 0 Å². The van der Waals surface area contributed by atoms with Crippen LogP contribution in [0.4, 0.5) is 22.0 Å². The molecule has 2 N–H and O–H groups in total. The second kappa shape index (κ2) is 8.38. The highest BCUT2D eigenvalue weighted by atomic mass is 19.4. The molecular formula is C21H18F5N3O3. The van der Waals surface area contributed by atoms with Gasteiger partial charge in [-0.3, -0.25) is 4.79 Å². The van der Waals surface area contributed by atoms with Gasteiger partial charge in [0.25, 0.3) is 11.8 Å². The maximum atomic E-state index is 14.0. The van der Waals surface area contributed by atoms with Gasteiger partial charge in [0.1, 0.15) is 17.3 Å². The fraction of sp³-hybridized carbons (Fsp3) is 0.333. The Labute approximate surface area is 178 Å². The highest BCUT2D eigenvalue weighted by Gasteiger charge is 2.43. The van der Waals surface area contributed by atoms with Gasteiger partial charge in [0.05, 0.1) is 0 Å². The van der Waals surface area contributed by atoms with Gasteiger partial charge < -0.3 is 19.8 Å². The Hall–Kier alpha value is -3.21. The predicted octanol–water partition coefficient (Wildman–Crippen LogP) is 4.16. The average molecular weight is 455 g/mol. The van der Waals surface area contributed by atoms with E-state index in [2.05, 4.69) is 15.6 Å². The lowest BCUT2D eigenvalue weighted by Gasteiger charge is -2.31. The van der Waals surface area contributed by atoms with Crippen LogP contribution in [0.1, 0.15) is 17.1 Å². The smallest absolute Gasteiger partial charge is 0.422 e. The van der Waals surface area contributed by atoms with Crippen molar-refractivity contribution >= 4 is 17.0 Å². The number of carbonyl (C=O) groups is 1. The van der Waals surface area contributed by atoms with Crippen LogP contribution in [0.2, 0.25) is 0 Å². The van der Waals surface area contributed by atoms with E-state index in [-0.39, 0.29) is 29.9 Å². The van der Waals surface area contributed by atoms with E-state index in [4.69, 9.17) is 9.15 Å². The van der Waals surface area contributed by atoms with E-state index in [1.165, 1.54) is 24.3 Å². The molecule has 1 saturated heterocycles. The number of nitrogens with zero attached hydrogens (tertiary/aromatic N) is 1. The fourth-order valence-electron chi connectivity index (χ4n) is 3.43. The van der Waals surface area contributed by atoms with Crippen LogP contribution in [0.15, 0.2) is 46.9 Å². The first-order valence-electron chi connectivity index (χ1n) is 9.72. The van der Waals surface area contributed by atoms with Crippen molar-refractivity contribution in [2.75, 3.05) is 19.7 Å². The van der Waals surface area contributed by atoms with E-state index >= 15 is 0 Å². The number of aromatic nitrogens is 1. The van der Waals surface area contributed by atoms with Gasteiger partial charge in [-0.05, 0) is 12.1 Å². The third-order valence-electron chi connectivity index (χ3n) is 4.98. The lowest BCUT2D eigenvalue weighted by molar-refractivity contribution is -0.153. The van der Waals surface area contributed by atoms with Crippen LogP contribution in [0.25, 0.3) is 22.2 Å². The van der Waals surface area contributed by atoms with Gasteiger partial charge in [-0.2, -0.15) is 13.2 Å². The van der Waals surface area contributed by atoms with Gasteiger partial charge in [0, 0.05) is 30.6 Å². The topological polar surface area (TPSA) is 76.4 Å². The fourth-order valence-corrected chi connectivity index (χ4v) is 3.43. The Morgan fingerprint density at radius 2 is 1.94 bits per heavy atom. The van der Waals surface area contributed by atoms with Crippen molar-refractivity contribution < 1.29 is 35.9 Å². The van der Waals surface area contributed by atoms with Gasteiger partial charge >= 0.3 is 12.1 Å². The summed E-state index contributed by atoms with van der Waals surface area (Å²) in [5.74, 6) is -4.45. The summed E-state index contributed by atoms with van der Waals surface area (Å²) in [6.07, 6.45) is -4.93. The SMILES string of the molecule is O=C(NC1CNCCC1(F)F)c1nc2cccc(-c3ccccc3OCC(F)(F)F)c2o1. The van der Waals surface area contributed by atoms with Crippen molar-refractivity contribution in [2.24, 2.45) is 0 Å². The largest absolute Gasteiger partial charge is 0.483 e. The number of fused-ring (bicyclic) bond motifs is 1. The summed E-state index contributed by atoms with van der Waals surface area (Å²) in [7, 11) is 0. The molecular weight excluding hydrogens is 437 g/mol. The molecule has 2 aromatic carbocycles. The van der Waals surface area contributed by atoms with E-state index < -0.39 is 43.0 Å². The van der Waals surface area contributed by atoms with Crippen molar-refractivity contribution in [3.05, 3.63) is 48.4 Å². The van der Waals surface area contributed by atoms with Gasteiger partial charge in [-0.1, -0.05) is 30.3 Å². The van der Waals surface area contributed by atoms with Crippen LogP contribution in [-0.4, -0.2) is 48.7 Å². The zero-order chi connectivity index (χ0) is 22.9. The van der Waals surface area contributed by atoms with Crippen LogP contribution in [0.5, 0.6) is 5.75 Å². The summed E-state index contributed by atoms with van der Waals surface area (Å²) in [6, 6.07) is 9.32. The molecule has 2 heterocycles. The molecule has 6 nitrogen and oxygen atoms in total. The molecule has 4 rings (SSSR count). The van der Waals surface area contributed by atoms with E-state index in [9.17, 15) is 26.7 Å². The highest BCUT2D eigenvalue weighted by molar-refractivity contribution is 5.97. The number of hydrogen-bond donors (Lipinski definition) is 2. The zero-order valence-electron chi connectivity index (χ0n) is 16.5. The number of nitrogens with one attached hydrogen (secondary N) is 2. The van der Waals surface area contributed by atoms with Crippen LogP contribution >= 0.6 is 0 Å². The van der Waals surface area contributed by atoms with E-state index in [0.717, 1.165) is 0 Å². The van der Waals surface area contributed by atoms with Crippen molar-refractivity contribution in [1.82, 2.24) is 15.6 Å². The molecule has 170 valence electrons. The highest BCUT2D eigenvalue weighted by Crippen LogP contribution is 2.36. The molecule has 0 bridgehead atoms. The second-order valence-corrected chi connectivity index (χ2v) is 7.31. The number of amides is 1. The van der Waals surface area contributed by atoms with Crippen molar-refractivity contribution in [2.45, 2.75) is 24.6 Å². The van der Waals surface area contributed by atoms with Gasteiger partial charge in [-0.25, -0.2) is 13.8 Å². The Bertz CT molecular complexity index is 1130. The predicted molar refractivity (Wildman–Crippen MR) is 105 cm³/mol. The number of para-hydroxylation sites is 2. The van der Waals surface area contributed by atoms with Crippen molar-refractivity contribution in [3.63, 3.8) is 0 Å². The number of halogens is 5. The number of piperidine rings is 1. The lowest BCUT2D eigenvalue weighted by Crippen LogP contribution is -2.57. The van der Waals surface area contributed by atoms with Crippen LogP contribution in [0.3, 0.4) is 0 Å². The molecule has 0 radical (unpaired) electrons. The number of ether oxygens (including phenoxy) is 1. The summed E-state index contributed by atoms with van der Waals surface area (Å²) < 4.78 is 76.4. The minimum absolute atomic E-state index is 0.0346. The molecule has 11 heteroatoms. The van der Waals surface area contributed by atoms with Crippen LogP contribution in [0, 0.1) is 0 Å². The molecule has 1 aliphatic heterocycles. The normalized spacial score (nSPS) is 18.5. The number of rotatable bonds is 5. The number of oxazole rings is 1. The first-order valence-corrected chi connectivity index (χ1v) is 9.72. The standard InChI is InChI=1S/C21H18F5N3O3/c22-20(23)8-9-27-10-16(20)29-18(30)19-28-14-6-3-5-13(17(14)32-19)12-4-1-2-7-15(12)31-11-21(24,25)26/h1-7,16,27H,8-11H2,(H,29,30). The van der Waals surface area contributed by atoms with Gasteiger partial charge in [0.2, 0.25) is 0 Å². The Balaban J connectivity index is 1.64. The van der Waals surface area contributed by atoms with Crippen molar-refractivity contribution in [1.29, 1.82) is 0 Å². The van der Waals surface area contributed by atoms with Gasteiger partial charge in [0.15, 0.2) is 12.2 Å². The molecule has 1 atom stereocenters. The molecule has 0 aliphatic carbocycles. The molecule has 1 unspecified atom stereocenters. The number of alkyl halides is 5. The Morgan fingerprint density at radius 1 is 1.19 bits per heavy atom. The lowest BCUT2D eigenvalue weighted by atomic mass is 10.0. The third-order valence-corrected chi connectivity index (χ3v) is 4.98. The molecule has 0 spiro atoms. The Morgan fingerprint density at radius 3 is 2.69 bits per heavy atom. The minimum atomic E-state index is -4.52. The summed E-state index contributed by atoms with van der Waals surface area (Å²) >= 11 is 0. The molecule has 32 heavy (non-hydrogen) atoms. The molecule has 1 aliphatic rings. The number of carbonyl (C=O) groups excluding carboxylic acids is 1. The summed E-state index contributed by atoms with van der Waals surface area (Å²) in [6.45, 7) is -1.44. The Kier molecular flexibility index (Phi) is 5.76. The molecule has 1 aromatic heterocycles. The number of benzene rings is 2. The first kappa shape index (κ1) is 22.0. The first-order chi connectivity index (χ1) is 15.1. The second-order valence-electron chi connectivity index (χ2n) is 7.31. The average Bonchev–Trinajstić information content (AvgIpc) is 3.18. The maximum absolute atomic E-state index is 14.0. The van der Waals surface area contributed by atoms with E-state index in [1.807, 2.05) is 0 Å². The van der Waals surface area contributed by atoms with Gasteiger partial charge in [-0.15, -0.1) is 0 Å². The molecule has 1 fully saturated rings. The molecule has 0 saturated carbocycles. The monoisotopic (exact) mass is 455 g/mol. The zero-order valence-corrected chi connectivity index (χ0v) is 16.5. The number of hydrogen-bond acceptors (Lipinski definition) is 5. The minimum Gasteiger partial charge on any atom is -0.483 e. The van der Waals surface area contributed by atoms with E-state index in [0.29, 0.717) is 11.1 Å². The van der Waals surface area contributed by atoms with E-state index in [1.54, 1.807) is 18.2 Å². The molecule has 3 aromatic rings. The van der Waals surface area contributed by atoms with Crippen LogP contribution < -0.4 is 15.4 Å². The summed E-state index contributed by atoms with van der Waals surface area (Å²) in [5.41, 5.74) is 1.01. The van der Waals surface area contributed by atoms with Crippen molar-refractivity contribution in [3.8, 4) is 16.9 Å². The maximum Gasteiger partial charge on any atom is 0.422 e. The summed E-state index contributed by atoms with van der Waals surface area (Å²) in [4.78, 5) is 16.6. The third kappa shape index (κ3) is 4.67. The quantitative estimate of drug-likeness (QED) is 0.565. The summed E-state index contributed by atoms with van der Waals surface area (Å²) in [5, 5.41) is 5.03.